The van der Waals surface area contributed by atoms with E-state index in [0.29, 0.717) is 5.56 Å². The molecule has 0 fully saturated rings. The minimum absolute atomic E-state index is 0.00497. The molecule has 1 aromatic rings. The van der Waals surface area contributed by atoms with Crippen LogP contribution in [0.5, 0.6) is 0 Å². The largest absolute Gasteiger partial charge is 0.459 e. The molecule has 1 rings (SSSR count). The van der Waals surface area contributed by atoms with E-state index in [2.05, 4.69) is 29.5 Å². The molecule has 1 aromatic carbocycles. The molecule has 0 saturated carbocycles. The van der Waals surface area contributed by atoms with Crippen molar-refractivity contribution in [1.29, 1.82) is 0 Å². The zero-order chi connectivity index (χ0) is 13.4. The van der Waals surface area contributed by atoms with Crippen LogP contribution in [-0.4, -0.2) is 12.1 Å². The van der Waals surface area contributed by atoms with Gasteiger partial charge in [-0.1, -0.05) is 38.3 Å². The Morgan fingerprint density at radius 3 is 2.67 bits per heavy atom. The first-order chi connectivity index (χ1) is 8.65. The van der Waals surface area contributed by atoms with E-state index in [1.165, 1.54) is 19.3 Å². The van der Waals surface area contributed by atoms with Crippen molar-refractivity contribution < 1.29 is 9.53 Å². The molecule has 0 bridgehead atoms. The molecule has 2 nitrogen and oxygen atoms in total. The Labute approximate surface area is 123 Å². The van der Waals surface area contributed by atoms with E-state index < -0.39 is 0 Å². The number of benzene rings is 1. The predicted octanol–water partition coefficient (Wildman–Crippen LogP) is 4.81. The molecule has 0 aliphatic heterocycles. The van der Waals surface area contributed by atoms with Crippen molar-refractivity contribution in [2.75, 3.05) is 0 Å². The van der Waals surface area contributed by atoms with Gasteiger partial charge in [0, 0.05) is 3.57 Å². The maximum absolute atomic E-state index is 11.9. The lowest BCUT2D eigenvalue weighted by atomic mass is 10.1. The van der Waals surface area contributed by atoms with Crippen LogP contribution in [-0.2, 0) is 4.74 Å². The number of halogens is 1. The number of carbonyl (C=O) groups is 1. The molecule has 0 heterocycles. The van der Waals surface area contributed by atoms with Gasteiger partial charge < -0.3 is 4.74 Å². The number of unbranched alkanes of at least 4 members (excludes halogenated alkanes) is 3. The van der Waals surface area contributed by atoms with E-state index in [-0.39, 0.29) is 12.1 Å². The summed E-state index contributed by atoms with van der Waals surface area (Å²) in [4.78, 5) is 11.9. The average Bonchev–Trinajstić information content (AvgIpc) is 2.35. The summed E-state index contributed by atoms with van der Waals surface area (Å²) in [5.74, 6) is -0.206. The van der Waals surface area contributed by atoms with E-state index in [1.807, 2.05) is 31.2 Å². The summed E-state index contributed by atoms with van der Waals surface area (Å²) >= 11 is 2.16. The number of hydrogen-bond donors (Lipinski definition) is 0. The molecule has 0 unspecified atom stereocenters. The van der Waals surface area contributed by atoms with E-state index in [9.17, 15) is 4.79 Å². The molecule has 0 saturated heterocycles. The van der Waals surface area contributed by atoms with Gasteiger partial charge in [-0.2, -0.15) is 0 Å². The van der Waals surface area contributed by atoms with Gasteiger partial charge in [0.05, 0.1) is 11.7 Å². The summed E-state index contributed by atoms with van der Waals surface area (Å²) in [5, 5.41) is 0. The van der Waals surface area contributed by atoms with Crippen molar-refractivity contribution in [2.24, 2.45) is 0 Å². The molecule has 3 heteroatoms. The van der Waals surface area contributed by atoms with Gasteiger partial charge in [0.15, 0.2) is 0 Å². The normalized spacial score (nSPS) is 12.2. The first kappa shape index (κ1) is 15.5. The first-order valence-electron chi connectivity index (χ1n) is 6.60. The van der Waals surface area contributed by atoms with Gasteiger partial charge >= 0.3 is 5.97 Å². The fourth-order valence-electron chi connectivity index (χ4n) is 1.79. The lowest BCUT2D eigenvalue weighted by molar-refractivity contribution is 0.0318. The predicted molar refractivity (Wildman–Crippen MR) is 82.8 cm³/mol. The van der Waals surface area contributed by atoms with Crippen molar-refractivity contribution >= 4 is 28.6 Å². The molecule has 0 radical (unpaired) electrons. The second-order valence-corrected chi connectivity index (χ2v) is 5.71. The van der Waals surface area contributed by atoms with Gasteiger partial charge in [0.2, 0.25) is 0 Å². The number of carbonyl (C=O) groups excluding carboxylic acids is 1. The summed E-state index contributed by atoms with van der Waals surface area (Å²) in [5.41, 5.74) is 0.665. The Kier molecular flexibility index (Phi) is 7.32. The molecule has 0 aliphatic carbocycles. The first-order valence-corrected chi connectivity index (χ1v) is 7.68. The maximum Gasteiger partial charge on any atom is 0.339 e. The van der Waals surface area contributed by atoms with Crippen LogP contribution >= 0.6 is 22.6 Å². The summed E-state index contributed by atoms with van der Waals surface area (Å²) in [6, 6.07) is 7.52. The quantitative estimate of drug-likeness (QED) is 0.396. The molecule has 18 heavy (non-hydrogen) atoms. The Morgan fingerprint density at radius 2 is 2.00 bits per heavy atom. The summed E-state index contributed by atoms with van der Waals surface area (Å²) in [6.45, 7) is 4.17. The van der Waals surface area contributed by atoms with Crippen LogP contribution in [0.15, 0.2) is 24.3 Å². The summed E-state index contributed by atoms with van der Waals surface area (Å²) in [7, 11) is 0. The highest BCUT2D eigenvalue weighted by molar-refractivity contribution is 14.1. The Balaban J connectivity index is 2.38. The van der Waals surface area contributed by atoms with E-state index in [0.717, 1.165) is 16.4 Å². The summed E-state index contributed by atoms with van der Waals surface area (Å²) < 4.78 is 6.40. The molecular weight excluding hydrogens is 339 g/mol. The number of hydrogen-bond acceptors (Lipinski definition) is 2. The Morgan fingerprint density at radius 1 is 1.28 bits per heavy atom. The van der Waals surface area contributed by atoms with Crippen molar-refractivity contribution in [3.8, 4) is 0 Å². The second kappa shape index (κ2) is 8.51. The third kappa shape index (κ3) is 5.38. The third-order valence-corrected chi connectivity index (χ3v) is 3.81. The van der Waals surface area contributed by atoms with Gasteiger partial charge in [-0.15, -0.1) is 0 Å². The molecule has 0 aliphatic rings. The Hall–Kier alpha value is -0.580. The molecule has 0 amide bonds. The van der Waals surface area contributed by atoms with Crippen molar-refractivity contribution in [3.05, 3.63) is 33.4 Å². The lowest BCUT2D eigenvalue weighted by Gasteiger charge is -2.13. The molecule has 1 atom stereocenters. The zero-order valence-corrected chi connectivity index (χ0v) is 13.3. The zero-order valence-electron chi connectivity index (χ0n) is 11.1. The molecular formula is C15H21IO2. The minimum atomic E-state index is -0.206. The molecule has 0 spiro atoms. The van der Waals surface area contributed by atoms with Crippen molar-refractivity contribution in [3.63, 3.8) is 0 Å². The van der Waals surface area contributed by atoms with Gasteiger partial charge in [0.25, 0.3) is 0 Å². The second-order valence-electron chi connectivity index (χ2n) is 4.55. The highest BCUT2D eigenvalue weighted by Crippen LogP contribution is 2.15. The van der Waals surface area contributed by atoms with E-state index >= 15 is 0 Å². The smallest absolute Gasteiger partial charge is 0.339 e. The standard InChI is InChI=1S/C15H21IO2/c1-3-4-5-6-9-12(2)18-15(17)13-10-7-8-11-14(13)16/h7-8,10-12H,3-6,9H2,1-2H3/t12-/m1/s1. The van der Waals surface area contributed by atoms with Crippen LogP contribution in [0.4, 0.5) is 0 Å². The van der Waals surface area contributed by atoms with Crippen LogP contribution in [0.25, 0.3) is 0 Å². The van der Waals surface area contributed by atoms with Gasteiger partial charge in [-0.3, -0.25) is 0 Å². The summed E-state index contributed by atoms with van der Waals surface area (Å²) in [6.07, 6.45) is 5.81. The SMILES string of the molecule is CCCCCC[C@@H](C)OC(=O)c1ccccc1I. The fourth-order valence-corrected chi connectivity index (χ4v) is 2.40. The minimum Gasteiger partial charge on any atom is -0.459 e. The Bertz CT molecular complexity index is 377. The number of rotatable bonds is 7. The van der Waals surface area contributed by atoms with Crippen LogP contribution in [0.1, 0.15) is 56.3 Å². The van der Waals surface area contributed by atoms with Crippen LogP contribution in [0.3, 0.4) is 0 Å². The molecule has 0 aromatic heterocycles. The van der Waals surface area contributed by atoms with Crippen molar-refractivity contribution in [1.82, 2.24) is 0 Å². The number of esters is 1. The topological polar surface area (TPSA) is 26.3 Å². The van der Waals surface area contributed by atoms with Gasteiger partial charge in [0.1, 0.15) is 0 Å². The highest BCUT2D eigenvalue weighted by atomic mass is 127. The fraction of sp³-hybridized carbons (Fsp3) is 0.533. The van der Waals surface area contributed by atoms with E-state index in [4.69, 9.17) is 4.74 Å². The maximum atomic E-state index is 11.9. The van der Waals surface area contributed by atoms with Crippen LogP contribution in [0.2, 0.25) is 0 Å². The monoisotopic (exact) mass is 360 g/mol. The van der Waals surface area contributed by atoms with Crippen molar-refractivity contribution in [2.45, 2.75) is 52.1 Å². The van der Waals surface area contributed by atoms with Crippen LogP contribution in [0, 0.1) is 3.57 Å². The lowest BCUT2D eigenvalue weighted by Crippen LogP contribution is -2.15. The molecule has 0 N–H and O–H groups in total. The van der Waals surface area contributed by atoms with Gasteiger partial charge in [-0.05, 0) is 54.5 Å². The third-order valence-electron chi connectivity index (χ3n) is 2.87. The highest BCUT2D eigenvalue weighted by Gasteiger charge is 2.13. The number of ether oxygens (including phenoxy) is 1. The average molecular weight is 360 g/mol. The van der Waals surface area contributed by atoms with Gasteiger partial charge in [-0.25, -0.2) is 4.79 Å². The van der Waals surface area contributed by atoms with Crippen LogP contribution < -0.4 is 0 Å². The molecule has 100 valence electrons. The van der Waals surface area contributed by atoms with E-state index in [1.54, 1.807) is 0 Å².